The number of carbonyl (C=O) groups excluding carboxylic acids is 1. The molecule has 0 aliphatic carbocycles. The lowest BCUT2D eigenvalue weighted by atomic mass is 10.2. The minimum Gasteiger partial charge on any atom is -0.352 e. The topological polar surface area (TPSA) is 46.9 Å². The van der Waals surface area contributed by atoms with Gasteiger partial charge in [0.15, 0.2) is 0 Å². The summed E-state index contributed by atoms with van der Waals surface area (Å²) in [5, 5.41) is 2.95. The van der Waals surface area contributed by atoms with Gasteiger partial charge < -0.3 is 9.88 Å². The predicted octanol–water partition coefficient (Wildman–Crippen LogP) is 4.59. The zero-order valence-electron chi connectivity index (χ0n) is 16.0. The van der Waals surface area contributed by atoms with Gasteiger partial charge in [0.25, 0.3) is 5.91 Å². The third kappa shape index (κ3) is 4.35. The Morgan fingerprint density at radius 3 is 2.48 bits per heavy atom. The summed E-state index contributed by atoms with van der Waals surface area (Å²) in [5.74, 6) is 0.597. The Balaban J connectivity index is 1.47. The number of benzene rings is 3. The maximum atomic E-state index is 14.2. The average Bonchev–Trinajstić information content (AvgIpc) is 3.10. The average molecular weight is 387 g/mol. The first kappa shape index (κ1) is 18.9. The minimum atomic E-state index is -0.216. The molecular weight excluding hydrogens is 365 g/mol. The van der Waals surface area contributed by atoms with Crippen LogP contribution in [0.4, 0.5) is 4.39 Å². The molecule has 0 saturated carbocycles. The first-order valence-electron chi connectivity index (χ1n) is 9.73. The van der Waals surface area contributed by atoms with Crippen molar-refractivity contribution >= 4 is 16.9 Å². The van der Waals surface area contributed by atoms with Crippen LogP contribution in [0.2, 0.25) is 0 Å². The van der Waals surface area contributed by atoms with Gasteiger partial charge >= 0.3 is 0 Å². The molecule has 0 saturated heterocycles. The molecule has 0 aliphatic rings. The molecule has 3 aromatic carbocycles. The monoisotopic (exact) mass is 387 g/mol. The summed E-state index contributed by atoms with van der Waals surface area (Å²) in [4.78, 5) is 16.9. The van der Waals surface area contributed by atoms with Crippen LogP contribution in [0.15, 0.2) is 78.9 Å². The highest BCUT2D eigenvalue weighted by Gasteiger charge is 2.13. The zero-order valence-corrected chi connectivity index (χ0v) is 16.0. The van der Waals surface area contributed by atoms with E-state index < -0.39 is 0 Å². The summed E-state index contributed by atoms with van der Waals surface area (Å²) in [6.45, 7) is 0.982. The second-order valence-electron chi connectivity index (χ2n) is 6.92. The molecule has 146 valence electrons. The van der Waals surface area contributed by atoms with Crippen LogP contribution in [0.1, 0.15) is 28.2 Å². The van der Waals surface area contributed by atoms with Crippen LogP contribution in [-0.2, 0) is 13.0 Å². The number of para-hydroxylation sites is 2. The molecule has 0 fully saturated rings. The van der Waals surface area contributed by atoms with Crippen LogP contribution < -0.4 is 5.32 Å². The highest BCUT2D eigenvalue weighted by molar-refractivity contribution is 5.94. The van der Waals surface area contributed by atoms with Crippen molar-refractivity contribution in [2.45, 2.75) is 19.4 Å². The van der Waals surface area contributed by atoms with E-state index in [2.05, 4.69) is 9.88 Å². The number of fused-ring (bicyclic) bond motifs is 1. The van der Waals surface area contributed by atoms with Gasteiger partial charge in [-0.25, -0.2) is 9.37 Å². The third-order valence-corrected chi connectivity index (χ3v) is 4.92. The summed E-state index contributed by atoms with van der Waals surface area (Å²) in [6, 6.07) is 23.9. The van der Waals surface area contributed by atoms with Crippen molar-refractivity contribution in [2.75, 3.05) is 6.54 Å². The van der Waals surface area contributed by atoms with Crippen LogP contribution in [0, 0.1) is 5.82 Å². The van der Waals surface area contributed by atoms with Gasteiger partial charge in [-0.3, -0.25) is 4.79 Å². The van der Waals surface area contributed by atoms with E-state index in [0.717, 1.165) is 23.3 Å². The lowest BCUT2D eigenvalue weighted by Crippen LogP contribution is -2.24. The molecule has 0 spiro atoms. The highest BCUT2D eigenvalue weighted by atomic mass is 19.1. The molecule has 0 radical (unpaired) electrons. The molecule has 1 aromatic heterocycles. The van der Waals surface area contributed by atoms with Gasteiger partial charge in [-0.1, -0.05) is 48.5 Å². The molecule has 1 N–H and O–H groups in total. The normalized spacial score (nSPS) is 10.9. The Labute approximate surface area is 169 Å². The Hall–Kier alpha value is -3.47. The summed E-state index contributed by atoms with van der Waals surface area (Å²) >= 11 is 0. The van der Waals surface area contributed by atoms with Crippen molar-refractivity contribution in [1.82, 2.24) is 14.9 Å². The van der Waals surface area contributed by atoms with E-state index in [4.69, 9.17) is 4.98 Å². The van der Waals surface area contributed by atoms with E-state index in [1.165, 1.54) is 6.07 Å². The van der Waals surface area contributed by atoms with Crippen molar-refractivity contribution in [3.05, 3.63) is 102 Å². The first-order chi connectivity index (χ1) is 14.2. The number of aromatic nitrogens is 2. The number of nitrogens with one attached hydrogen (secondary N) is 1. The van der Waals surface area contributed by atoms with Crippen molar-refractivity contribution in [2.24, 2.45) is 0 Å². The smallest absolute Gasteiger partial charge is 0.251 e. The molecule has 0 atom stereocenters. The summed E-state index contributed by atoms with van der Waals surface area (Å²) in [6.07, 6.45) is 1.44. The SMILES string of the molecule is O=C(NCCCc1nc2ccccc2n1Cc1ccccc1F)c1ccccc1. The van der Waals surface area contributed by atoms with Crippen molar-refractivity contribution in [1.29, 1.82) is 0 Å². The van der Waals surface area contributed by atoms with Gasteiger partial charge in [-0.15, -0.1) is 0 Å². The molecule has 29 heavy (non-hydrogen) atoms. The van der Waals surface area contributed by atoms with E-state index in [1.54, 1.807) is 24.3 Å². The van der Waals surface area contributed by atoms with Crippen LogP contribution in [0.5, 0.6) is 0 Å². The minimum absolute atomic E-state index is 0.0783. The van der Waals surface area contributed by atoms with Gasteiger partial charge in [0.2, 0.25) is 0 Å². The van der Waals surface area contributed by atoms with Crippen LogP contribution >= 0.6 is 0 Å². The molecule has 1 amide bonds. The summed E-state index contributed by atoms with van der Waals surface area (Å²) in [7, 11) is 0. The van der Waals surface area contributed by atoms with Crippen molar-refractivity contribution in [3.8, 4) is 0 Å². The fraction of sp³-hybridized carbons (Fsp3) is 0.167. The summed E-state index contributed by atoms with van der Waals surface area (Å²) < 4.78 is 16.3. The molecule has 0 aliphatic heterocycles. The molecule has 4 aromatic rings. The van der Waals surface area contributed by atoms with Crippen LogP contribution in [0.25, 0.3) is 11.0 Å². The standard InChI is InChI=1S/C24H22FN3O/c25-20-12-5-4-11-19(20)17-28-22-14-7-6-13-21(22)27-23(28)15-8-16-26-24(29)18-9-2-1-3-10-18/h1-7,9-14H,8,15-17H2,(H,26,29). The van der Waals surface area contributed by atoms with Gasteiger partial charge in [-0.2, -0.15) is 0 Å². The van der Waals surface area contributed by atoms with E-state index in [1.807, 2.05) is 48.5 Å². The Morgan fingerprint density at radius 1 is 0.931 bits per heavy atom. The van der Waals surface area contributed by atoms with Gasteiger partial charge in [0, 0.05) is 24.1 Å². The Morgan fingerprint density at radius 2 is 1.66 bits per heavy atom. The van der Waals surface area contributed by atoms with E-state index in [9.17, 15) is 9.18 Å². The largest absolute Gasteiger partial charge is 0.352 e. The molecule has 4 nitrogen and oxygen atoms in total. The highest BCUT2D eigenvalue weighted by Crippen LogP contribution is 2.20. The van der Waals surface area contributed by atoms with Crippen LogP contribution in [-0.4, -0.2) is 22.0 Å². The second-order valence-corrected chi connectivity index (χ2v) is 6.92. The molecule has 1 heterocycles. The number of rotatable bonds is 7. The van der Waals surface area contributed by atoms with E-state index in [0.29, 0.717) is 30.6 Å². The molecule has 0 unspecified atom stereocenters. The number of hydrogen-bond donors (Lipinski definition) is 1. The number of imidazole rings is 1. The molecule has 4 rings (SSSR count). The van der Waals surface area contributed by atoms with Crippen molar-refractivity contribution in [3.63, 3.8) is 0 Å². The lowest BCUT2D eigenvalue weighted by Gasteiger charge is -2.11. The Kier molecular flexibility index (Phi) is 5.66. The number of carbonyl (C=O) groups is 1. The van der Waals surface area contributed by atoms with Crippen molar-refractivity contribution < 1.29 is 9.18 Å². The predicted molar refractivity (Wildman–Crippen MR) is 112 cm³/mol. The third-order valence-electron chi connectivity index (χ3n) is 4.92. The number of aryl methyl sites for hydroxylation is 1. The second kappa shape index (κ2) is 8.69. The first-order valence-corrected chi connectivity index (χ1v) is 9.73. The molecule has 5 heteroatoms. The lowest BCUT2D eigenvalue weighted by molar-refractivity contribution is 0.0953. The van der Waals surface area contributed by atoms with Gasteiger partial charge in [0.05, 0.1) is 17.6 Å². The summed E-state index contributed by atoms with van der Waals surface area (Å²) in [5.41, 5.74) is 3.17. The maximum absolute atomic E-state index is 14.2. The number of amides is 1. The fourth-order valence-electron chi connectivity index (χ4n) is 3.43. The number of halogens is 1. The van der Waals surface area contributed by atoms with Gasteiger partial charge in [0.1, 0.15) is 11.6 Å². The van der Waals surface area contributed by atoms with Gasteiger partial charge in [-0.05, 0) is 36.8 Å². The number of hydrogen-bond acceptors (Lipinski definition) is 2. The fourth-order valence-corrected chi connectivity index (χ4v) is 3.43. The van der Waals surface area contributed by atoms with E-state index >= 15 is 0 Å². The Bertz CT molecular complexity index is 1120. The molecule has 0 bridgehead atoms. The molecular formula is C24H22FN3O. The number of nitrogens with zero attached hydrogens (tertiary/aromatic N) is 2. The quantitative estimate of drug-likeness (QED) is 0.472. The van der Waals surface area contributed by atoms with Crippen LogP contribution in [0.3, 0.4) is 0 Å². The zero-order chi connectivity index (χ0) is 20.1. The maximum Gasteiger partial charge on any atom is 0.251 e. The van der Waals surface area contributed by atoms with E-state index in [-0.39, 0.29) is 11.7 Å².